The highest BCUT2D eigenvalue weighted by molar-refractivity contribution is 5.45. The van der Waals surface area contributed by atoms with Gasteiger partial charge in [0, 0.05) is 24.8 Å². The second-order valence-electron chi connectivity index (χ2n) is 4.04. The topological polar surface area (TPSA) is 15.3 Å². The summed E-state index contributed by atoms with van der Waals surface area (Å²) in [6, 6.07) is 11.2. The van der Waals surface area contributed by atoms with Crippen molar-refractivity contribution in [3.8, 4) is 0 Å². The van der Waals surface area contributed by atoms with Crippen molar-refractivity contribution in [2.24, 2.45) is 0 Å². The van der Waals surface area contributed by atoms with Crippen LogP contribution in [-0.2, 0) is 0 Å². The Bertz CT molecular complexity index is 271. The Morgan fingerprint density at radius 1 is 1.12 bits per heavy atom. The molecule has 16 heavy (non-hydrogen) atoms. The molecule has 1 N–H and O–H groups in total. The maximum atomic E-state index is 3.53. The summed E-state index contributed by atoms with van der Waals surface area (Å²) in [6.45, 7) is 9.82. The Balaban J connectivity index is 2.61. The van der Waals surface area contributed by atoms with E-state index < -0.39 is 0 Å². The van der Waals surface area contributed by atoms with Gasteiger partial charge in [-0.1, -0.05) is 32.0 Å². The van der Waals surface area contributed by atoms with Crippen LogP contribution in [0.4, 0.5) is 5.69 Å². The molecule has 0 amide bonds. The van der Waals surface area contributed by atoms with E-state index in [9.17, 15) is 0 Å². The minimum Gasteiger partial charge on any atom is -0.370 e. The van der Waals surface area contributed by atoms with Crippen LogP contribution >= 0.6 is 0 Å². The summed E-state index contributed by atoms with van der Waals surface area (Å²) < 4.78 is 0. The third-order valence-electron chi connectivity index (χ3n) is 2.93. The van der Waals surface area contributed by atoms with Gasteiger partial charge in [0.05, 0.1) is 0 Å². The molecule has 0 aromatic heterocycles. The van der Waals surface area contributed by atoms with Gasteiger partial charge in [-0.3, -0.25) is 0 Å². The third-order valence-corrected chi connectivity index (χ3v) is 2.93. The number of hydrogen-bond donors (Lipinski definition) is 1. The minimum atomic E-state index is 0.588. The van der Waals surface area contributed by atoms with Crippen LogP contribution < -0.4 is 10.2 Å². The first-order valence-corrected chi connectivity index (χ1v) is 6.35. The zero-order chi connectivity index (χ0) is 11.8. The van der Waals surface area contributed by atoms with E-state index in [1.54, 1.807) is 0 Å². The maximum Gasteiger partial charge on any atom is 0.0366 e. The Morgan fingerprint density at radius 2 is 1.81 bits per heavy atom. The molecule has 0 heterocycles. The van der Waals surface area contributed by atoms with Gasteiger partial charge in [0.1, 0.15) is 0 Å². The number of nitrogens with zero attached hydrogens (tertiary/aromatic N) is 1. The van der Waals surface area contributed by atoms with Crippen molar-refractivity contribution in [2.45, 2.75) is 33.2 Å². The van der Waals surface area contributed by atoms with Crippen LogP contribution in [0.5, 0.6) is 0 Å². The molecule has 0 aliphatic heterocycles. The first-order chi connectivity index (χ1) is 7.81. The van der Waals surface area contributed by atoms with Crippen molar-refractivity contribution in [1.82, 2.24) is 5.32 Å². The van der Waals surface area contributed by atoms with Gasteiger partial charge in [0.15, 0.2) is 0 Å². The Kier molecular flexibility index (Phi) is 5.94. The van der Waals surface area contributed by atoms with Crippen LogP contribution in [0.3, 0.4) is 0 Å². The molecule has 90 valence electrons. The summed E-state index contributed by atoms with van der Waals surface area (Å²) in [5, 5.41) is 3.53. The summed E-state index contributed by atoms with van der Waals surface area (Å²) in [4.78, 5) is 2.43. The van der Waals surface area contributed by atoms with Gasteiger partial charge in [-0.25, -0.2) is 0 Å². The molecule has 1 rings (SSSR count). The van der Waals surface area contributed by atoms with Crippen molar-refractivity contribution in [1.29, 1.82) is 0 Å². The SMILES string of the molecule is CCNC(CC)CN(CC)c1ccccc1. The van der Waals surface area contributed by atoms with Gasteiger partial charge in [0.2, 0.25) is 0 Å². The molecule has 1 aromatic carbocycles. The molecule has 2 heteroatoms. The predicted molar refractivity (Wildman–Crippen MR) is 72.1 cm³/mol. The molecule has 0 radical (unpaired) electrons. The summed E-state index contributed by atoms with van der Waals surface area (Å²) in [5.74, 6) is 0. The highest BCUT2D eigenvalue weighted by Crippen LogP contribution is 2.13. The molecule has 0 aliphatic carbocycles. The van der Waals surface area contributed by atoms with E-state index in [-0.39, 0.29) is 0 Å². The fourth-order valence-electron chi connectivity index (χ4n) is 1.95. The average molecular weight is 220 g/mol. The first kappa shape index (κ1) is 13.0. The van der Waals surface area contributed by atoms with Gasteiger partial charge in [-0.15, -0.1) is 0 Å². The molecular weight excluding hydrogens is 196 g/mol. The number of hydrogen-bond acceptors (Lipinski definition) is 2. The lowest BCUT2D eigenvalue weighted by molar-refractivity contribution is 0.505. The molecule has 0 fully saturated rings. The predicted octanol–water partition coefficient (Wildman–Crippen LogP) is 2.90. The summed E-state index contributed by atoms with van der Waals surface area (Å²) >= 11 is 0. The summed E-state index contributed by atoms with van der Waals surface area (Å²) in [5.41, 5.74) is 1.32. The molecule has 1 aromatic rings. The van der Waals surface area contributed by atoms with Crippen LogP contribution in [0.2, 0.25) is 0 Å². The van der Waals surface area contributed by atoms with Crippen LogP contribution in [0.15, 0.2) is 30.3 Å². The molecule has 1 atom stereocenters. The fraction of sp³-hybridized carbons (Fsp3) is 0.571. The number of likely N-dealkylation sites (N-methyl/N-ethyl adjacent to an activating group) is 2. The smallest absolute Gasteiger partial charge is 0.0366 e. The van der Waals surface area contributed by atoms with Gasteiger partial charge in [-0.05, 0) is 32.0 Å². The lowest BCUT2D eigenvalue weighted by Gasteiger charge is -2.28. The zero-order valence-corrected chi connectivity index (χ0v) is 10.7. The van der Waals surface area contributed by atoms with E-state index in [0.717, 1.165) is 19.6 Å². The van der Waals surface area contributed by atoms with Crippen molar-refractivity contribution in [3.63, 3.8) is 0 Å². The maximum absolute atomic E-state index is 3.53. The molecule has 1 unspecified atom stereocenters. The zero-order valence-electron chi connectivity index (χ0n) is 10.7. The summed E-state index contributed by atoms with van der Waals surface area (Å²) in [6.07, 6.45) is 1.18. The molecular formula is C14H24N2. The minimum absolute atomic E-state index is 0.588. The second kappa shape index (κ2) is 7.29. The molecule has 0 saturated carbocycles. The standard InChI is InChI=1S/C14H24N2/c1-4-13(15-5-2)12-16(6-3)14-10-8-7-9-11-14/h7-11,13,15H,4-6,12H2,1-3H3. The number of benzene rings is 1. The van der Waals surface area contributed by atoms with E-state index in [1.807, 2.05) is 0 Å². The molecule has 0 aliphatic rings. The van der Waals surface area contributed by atoms with Crippen LogP contribution in [0.25, 0.3) is 0 Å². The Labute approximate surface area is 99.7 Å². The largest absolute Gasteiger partial charge is 0.370 e. The van der Waals surface area contributed by atoms with Gasteiger partial charge < -0.3 is 10.2 Å². The average Bonchev–Trinajstić information content (AvgIpc) is 2.35. The molecule has 2 nitrogen and oxygen atoms in total. The molecule has 0 spiro atoms. The van der Waals surface area contributed by atoms with Crippen LogP contribution in [0.1, 0.15) is 27.2 Å². The highest BCUT2D eigenvalue weighted by atomic mass is 15.1. The first-order valence-electron chi connectivity index (χ1n) is 6.35. The van der Waals surface area contributed by atoms with E-state index in [2.05, 4.69) is 61.3 Å². The van der Waals surface area contributed by atoms with Gasteiger partial charge >= 0.3 is 0 Å². The number of nitrogens with one attached hydrogen (secondary N) is 1. The number of anilines is 1. The van der Waals surface area contributed by atoms with E-state index in [0.29, 0.717) is 6.04 Å². The van der Waals surface area contributed by atoms with Crippen molar-refractivity contribution in [2.75, 3.05) is 24.5 Å². The van der Waals surface area contributed by atoms with Crippen molar-refractivity contribution in [3.05, 3.63) is 30.3 Å². The van der Waals surface area contributed by atoms with Gasteiger partial charge in [-0.2, -0.15) is 0 Å². The summed E-state index contributed by atoms with van der Waals surface area (Å²) in [7, 11) is 0. The van der Waals surface area contributed by atoms with E-state index >= 15 is 0 Å². The van der Waals surface area contributed by atoms with Crippen molar-refractivity contribution >= 4 is 5.69 Å². The van der Waals surface area contributed by atoms with Crippen LogP contribution in [-0.4, -0.2) is 25.7 Å². The lowest BCUT2D eigenvalue weighted by atomic mass is 10.2. The molecule has 0 bridgehead atoms. The number of rotatable bonds is 7. The Morgan fingerprint density at radius 3 is 2.31 bits per heavy atom. The van der Waals surface area contributed by atoms with E-state index in [1.165, 1.54) is 12.1 Å². The normalized spacial score (nSPS) is 12.4. The van der Waals surface area contributed by atoms with E-state index in [4.69, 9.17) is 0 Å². The monoisotopic (exact) mass is 220 g/mol. The highest BCUT2D eigenvalue weighted by Gasteiger charge is 2.10. The quantitative estimate of drug-likeness (QED) is 0.760. The van der Waals surface area contributed by atoms with Gasteiger partial charge in [0.25, 0.3) is 0 Å². The molecule has 0 saturated heterocycles. The third kappa shape index (κ3) is 3.86. The number of para-hydroxylation sites is 1. The Hall–Kier alpha value is -1.02. The van der Waals surface area contributed by atoms with Crippen LogP contribution in [0, 0.1) is 0 Å². The second-order valence-corrected chi connectivity index (χ2v) is 4.04. The van der Waals surface area contributed by atoms with Crippen molar-refractivity contribution < 1.29 is 0 Å². The fourth-order valence-corrected chi connectivity index (χ4v) is 1.95. The lowest BCUT2D eigenvalue weighted by Crippen LogP contribution is -2.40.